The van der Waals surface area contributed by atoms with Crippen LogP contribution in [0.1, 0.15) is 5.56 Å². The Kier molecular flexibility index (Phi) is 4.04. The molecule has 0 bridgehead atoms. The number of anilines is 1. The van der Waals surface area contributed by atoms with Gasteiger partial charge in [-0.25, -0.2) is 8.78 Å². The lowest BCUT2D eigenvalue weighted by atomic mass is 10.2. The minimum Gasteiger partial charge on any atom is -0.378 e. The molecule has 0 saturated heterocycles. The minimum atomic E-state index is -0.606. The first-order valence-corrected chi connectivity index (χ1v) is 5.96. The Bertz CT molecular complexity index is 481. The van der Waals surface area contributed by atoms with Gasteiger partial charge in [-0.05, 0) is 24.3 Å². The van der Waals surface area contributed by atoms with E-state index >= 15 is 0 Å². The van der Waals surface area contributed by atoms with Gasteiger partial charge in [-0.1, -0.05) is 35.3 Å². The summed E-state index contributed by atoms with van der Waals surface area (Å²) < 4.78 is 26.8. The maximum Gasteiger partial charge on any atom is 0.131 e. The molecular weight excluding hydrogens is 279 g/mol. The van der Waals surface area contributed by atoms with Crippen molar-refractivity contribution in [2.45, 2.75) is 6.54 Å². The van der Waals surface area contributed by atoms with Crippen molar-refractivity contribution < 1.29 is 8.78 Å². The van der Waals surface area contributed by atoms with Crippen LogP contribution in [0.5, 0.6) is 0 Å². The van der Waals surface area contributed by atoms with Gasteiger partial charge in [-0.15, -0.1) is 0 Å². The maximum absolute atomic E-state index is 13.4. The summed E-state index contributed by atoms with van der Waals surface area (Å²) >= 11 is 11.9. The fourth-order valence-corrected chi connectivity index (χ4v) is 2.08. The lowest BCUT2D eigenvalue weighted by Crippen LogP contribution is -2.05. The van der Waals surface area contributed by atoms with E-state index in [9.17, 15) is 8.78 Å². The molecule has 1 nitrogen and oxygen atoms in total. The van der Waals surface area contributed by atoms with E-state index in [0.29, 0.717) is 15.7 Å². The molecule has 2 rings (SSSR count). The van der Waals surface area contributed by atoms with E-state index in [0.717, 1.165) is 0 Å². The molecule has 0 aliphatic carbocycles. The Balaban J connectivity index is 2.22. The van der Waals surface area contributed by atoms with Crippen LogP contribution >= 0.6 is 23.2 Å². The summed E-state index contributed by atoms with van der Waals surface area (Å²) in [5, 5.41) is 3.64. The summed E-state index contributed by atoms with van der Waals surface area (Å²) in [5.74, 6) is -1.21. The van der Waals surface area contributed by atoms with Gasteiger partial charge >= 0.3 is 0 Å². The second-order valence-corrected chi connectivity index (χ2v) is 4.46. The third-order valence-electron chi connectivity index (χ3n) is 2.47. The van der Waals surface area contributed by atoms with Gasteiger partial charge in [0.05, 0.1) is 15.7 Å². The van der Waals surface area contributed by atoms with Crippen LogP contribution in [0.15, 0.2) is 36.4 Å². The number of nitrogens with one attached hydrogen (secondary N) is 1. The SMILES string of the molecule is Fc1cccc(F)c1CNc1c(Cl)cccc1Cl. The van der Waals surface area contributed by atoms with E-state index in [1.165, 1.54) is 18.2 Å². The molecule has 0 heterocycles. The molecule has 0 radical (unpaired) electrons. The monoisotopic (exact) mass is 287 g/mol. The molecule has 0 aliphatic rings. The Labute approximate surface area is 113 Å². The van der Waals surface area contributed by atoms with E-state index in [2.05, 4.69) is 5.32 Å². The second-order valence-electron chi connectivity index (χ2n) is 3.65. The van der Waals surface area contributed by atoms with Crippen molar-refractivity contribution in [3.05, 3.63) is 63.6 Å². The van der Waals surface area contributed by atoms with E-state index in [4.69, 9.17) is 23.2 Å². The molecule has 2 aromatic carbocycles. The molecule has 0 atom stereocenters. The van der Waals surface area contributed by atoms with Crippen molar-refractivity contribution in [1.82, 2.24) is 0 Å². The molecule has 0 fully saturated rings. The molecule has 0 unspecified atom stereocenters. The van der Waals surface area contributed by atoms with Gasteiger partial charge in [0.25, 0.3) is 0 Å². The lowest BCUT2D eigenvalue weighted by molar-refractivity contribution is 0.560. The zero-order valence-corrected chi connectivity index (χ0v) is 10.7. The highest BCUT2D eigenvalue weighted by Gasteiger charge is 2.10. The highest BCUT2D eigenvalue weighted by molar-refractivity contribution is 6.39. The topological polar surface area (TPSA) is 12.0 Å². The first-order valence-electron chi connectivity index (χ1n) is 5.20. The number of hydrogen-bond donors (Lipinski definition) is 1. The lowest BCUT2D eigenvalue weighted by Gasteiger charge is -2.11. The number of hydrogen-bond acceptors (Lipinski definition) is 1. The quantitative estimate of drug-likeness (QED) is 0.848. The van der Waals surface area contributed by atoms with E-state index in [-0.39, 0.29) is 12.1 Å². The van der Waals surface area contributed by atoms with Crippen LogP contribution in [0.25, 0.3) is 0 Å². The Morgan fingerprint density at radius 3 is 1.94 bits per heavy atom. The van der Waals surface area contributed by atoms with E-state index < -0.39 is 11.6 Å². The van der Waals surface area contributed by atoms with Crippen molar-refractivity contribution in [3.63, 3.8) is 0 Å². The molecule has 0 spiro atoms. The van der Waals surface area contributed by atoms with Crippen LogP contribution < -0.4 is 5.32 Å². The summed E-state index contributed by atoms with van der Waals surface area (Å²) in [7, 11) is 0. The minimum absolute atomic E-state index is 0.0258. The van der Waals surface area contributed by atoms with Crippen LogP contribution in [0.3, 0.4) is 0 Å². The van der Waals surface area contributed by atoms with Crippen LogP contribution in [-0.2, 0) is 6.54 Å². The predicted molar refractivity (Wildman–Crippen MR) is 70.1 cm³/mol. The van der Waals surface area contributed by atoms with Crippen LogP contribution in [0, 0.1) is 11.6 Å². The Morgan fingerprint density at radius 1 is 0.889 bits per heavy atom. The summed E-state index contributed by atoms with van der Waals surface area (Å²) in [4.78, 5) is 0. The average Bonchev–Trinajstić information content (AvgIpc) is 2.31. The first-order chi connectivity index (χ1) is 8.59. The average molecular weight is 288 g/mol. The number of para-hydroxylation sites is 1. The molecule has 18 heavy (non-hydrogen) atoms. The standard InChI is InChI=1S/C13H9Cl2F2N/c14-9-3-1-4-10(15)13(9)18-7-8-11(16)5-2-6-12(8)17/h1-6,18H,7H2. The van der Waals surface area contributed by atoms with Crippen molar-refractivity contribution in [1.29, 1.82) is 0 Å². The summed E-state index contributed by atoms with van der Waals surface area (Å²) in [5.41, 5.74) is 0.414. The van der Waals surface area contributed by atoms with Crippen molar-refractivity contribution >= 4 is 28.9 Å². The third-order valence-corrected chi connectivity index (χ3v) is 3.10. The van der Waals surface area contributed by atoms with Crippen LogP contribution in [0.2, 0.25) is 10.0 Å². The Hall–Kier alpha value is -1.32. The normalized spacial score (nSPS) is 10.4. The fraction of sp³-hybridized carbons (Fsp3) is 0.0769. The zero-order valence-electron chi connectivity index (χ0n) is 9.18. The summed E-state index contributed by atoms with van der Waals surface area (Å²) in [6.45, 7) is -0.0258. The van der Waals surface area contributed by atoms with Crippen LogP contribution in [-0.4, -0.2) is 0 Å². The molecule has 1 N–H and O–H groups in total. The largest absolute Gasteiger partial charge is 0.378 e. The van der Waals surface area contributed by atoms with Gasteiger partial charge in [0.15, 0.2) is 0 Å². The van der Waals surface area contributed by atoms with Crippen molar-refractivity contribution in [2.75, 3.05) is 5.32 Å². The highest BCUT2D eigenvalue weighted by atomic mass is 35.5. The molecule has 0 amide bonds. The van der Waals surface area contributed by atoms with Crippen molar-refractivity contribution in [3.8, 4) is 0 Å². The van der Waals surface area contributed by atoms with E-state index in [1.54, 1.807) is 18.2 Å². The first kappa shape index (κ1) is 13.1. The third kappa shape index (κ3) is 2.74. The van der Waals surface area contributed by atoms with Crippen molar-refractivity contribution in [2.24, 2.45) is 0 Å². The summed E-state index contributed by atoms with van der Waals surface area (Å²) in [6, 6.07) is 8.71. The van der Waals surface area contributed by atoms with Gasteiger partial charge in [-0.2, -0.15) is 0 Å². The second kappa shape index (κ2) is 5.55. The fourth-order valence-electron chi connectivity index (χ4n) is 1.54. The maximum atomic E-state index is 13.4. The molecule has 94 valence electrons. The predicted octanol–water partition coefficient (Wildman–Crippen LogP) is 4.88. The number of rotatable bonds is 3. The van der Waals surface area contributed by atoms with Gasteiger partial charge in [0.2, 0.25) is 0 Å². The number of halogens is 4. The van der Waals surface area contributed by atoms with E-state index in [1.807, 2.05) is 0 Å². The van der Waals surface area contributed by atoms with Crippen LogP contribution in [0.4, 0.5) is 14.5 Å². The highest BCUT2D eigenvalue weighted by Crippen LogP contribution is 2.30. The number of benzene rings is 2. The molecule has 0 saturated carbocycles. The zero-order chi connectivity index (χ0) is 13.1. The molecule has 2 aromatic rings. The van der Waals surface area contributed by atoms with Gasteiger partial charge in [-0.3, -0.25) is 0 Å². The Morgan fingerprint density at radius 2 is 1.39 bits per heavy atom. The molecule has 0 aromatic heterocycles. The molecule has 0 aliphatic heterocycles. The summed E-state index contributed by atoms with van der Waals surface area (Å²) in [6.07, 6.45) is 0. The van der Waals surface area contributed by atoms with Gasteiger partial charge in [0.1, 0.15) is 11.6 Å². The smallest absolute Gasteiger partial charge is 0.131 e. The van der Waals surface area contributed by atoms with Gasteiger partial charge in [0, 0.05) is 12.1 Å². The molecule has 5 heteroatoms. The van der Waals surface area contributed by atoms with Gasteiger partial charge < -0.3 is 5.32 Å². The molecular formula is C13H9Cl2F2N.